The Kier molecular flexibility index (Phi) is 3.96. The van der Waals surface area contributed by atoms with Crippen molar-refractivity contribution in [1.82, 2.24) is 9.78 Å². The Morgan fingerprint density at radius 3 is 2.42 bits per heavy atom. The maximum atomic E-state index is 12.7. The van der Waals surface area contributed by atoms with Gasteiger partial charge in [0.2, 0.25) is 0 Å². The minimum absolute atomic E-state index is 0.0593. The lowest BCUT2D eigenvalue weighted by Gasteiger charge is -2.08. The third-order valence-corrected chi connectivity index (χ3v) is 3.70. The van der Waals surface area contributed by atoms with Gasteiger partial charge in [-0.2, -0.15) is 18.3 Å². The highest BCUT2D eigenvalue weighted by Crippen LogP contribution is 2.31. The van der Waals surface area contributed by atoms with Gasteiger partial charge in [-0.15, -0.1) is 0 Å². The van der Waals surface area contributed by atoms with E-state index >= 15 is 0 Å². The predicted molar refractivity (Wildman–Crippen MR) is 82.4 cm³/mol. The third kappa shape index (κ3) is 2.82. The lowest BCUT2D eigenvalue weighted by molar-refractivity contribution is -0.137. The summed E-state index contributed by atoms with van der Waals surface area (Å²) in [5, 5.41) is 5.07. The Labute approximate surface area is 139 Å². The number of rotatable bonds is 2. The molecule has 3 rings (SSSR count). The van der Waals surface area contributed by atoms with Gasteiger partial charge in [0.25, 0.3) is 0 Å². The van der Waals surface area contributed by atoms with Gasteiger partial charge in [0, 0.05) is 10.4 Å². The largest absolute Gasteiger partial charge is 0.464 e. The second-order valence-corrected chi connectivity index (χ2v) is 5.39. The molecule has 24 heavy (non-hydrogen) atoms. The number of ether oxygens (including phenoxy) is 1. The summed E-state index contributed by atoms with van der Waals surface area (Å²) in [6.07, 6.45) is -4.43. The van der Waals surface area contributed by atoms with Crippen LogP contribution in [0.25, 0.3) is 16.6 Å². The molecule has 2 aromatic carbocycles. The van der Waals surface area contributed by atoms with Gasteiger partial charge in [0.05, 0.1) is 23.9 Å². The number of hydrogen-bond acceptors (Lipinski definition) is 3. The van der Waals surface area contributed by atoms with Crippen LogP contribution in [0, 0.1) is 0 Å². The topological polar surface area (TPSA) is 44.1 Å². The van der Waals surface area contributed by atoms with E-state index in [0.717, 1.165) is 12.1 Å². The molecule has 8 heteroatoms. The first-order valence-electron chi connectivity index (χ1n) is 6.75. The summed E-state index contributed by atoms with van der Waals surface area (Å²) in [5.41, 5.74) is 0.145. The number of esters is 1. The molecule has 124 valence electrons. The minimum Gasteiger partial charge on any atom is -0.464 e. The molecule has 0 aliphatic rings. The highest BCUT2D eigenvalue weighted by atomic mass is 35.5. The summed E-state index contributed by atoms with van der Waals surface area (Å²) >= 11 is 5.98. The molecule has 1 aromatic heterocycles. The van der Waals surface area contributed by atoms with Crippen LogP contribution in [0.4, 0.5) is 13.2 Å². The number of carbonyl (C=O) groups is 1. The molecule has 0 N–H and O–H groups in total. The van der Waals surface area contributed by atoms with Crippen LogP contribution in [-0.2, 0) is 10.9 Å². The number of carbonyl (C=O) groups excluding carboxylic acids is 1. The van der Waals surface area contributed by atoms with Crippen molar-refractivity contribution in [2.45, 2.75) is 6.18 Å². The molecule has 0 aliphatic heterocycles. The second kappa shape index (κ2) is 5.83. The molecule has 0 amide bonds. The number of methoxy groups -OCH3 is 1. The van der Waals surface area contributed by atoms with Crippen molar-refractivity contribution in [2.75, 3.05) is 7.11 Å². The number of alkyl halides is 3. The SMILES string of the molecule is COC(=O)c1nn(-c2ccc(C(F)(F)F)cc2)c2cc(Cl)ccc12. The van der Waals surface area contributed by atoms with Crippen molar-refractivity contribution >= 4 is 28.5 Å². The Hall–Kier alpha value is -2.54. The molecule has 0 radical (unpaired) electrons. The van der Waals surface area contributed by atoms with E-state index < -0.39 is 17.7 Å². The van der Waals surface area contributed by atoms with Crippen LogP contribution in [0.15, 0.2) is 42.5 Å². The lowest BCUT2D eigenvalue weighted by Crippen LogP contribution is -2.06. The molecule has 4 nitrogen and oxygen atoms in total. The van der Waals surface area contributed by atoms with Crippen molar-refractivity contribution in [3.63, 3.8) is 0 Å². The van der Waals surface area contributed by atoms with Crippen molar-refractivity contribution in [2.24, 2.45) is 0 Å². The fourth-order valence-electron chi connectivity index (χ4n) is 2.32. The van der Waals surface area contributed by atoms with Gasteiger partial charge in [-0.3, -0.25) is 0 Å². The highest BCUT2D eigenvalue weighted by Gasteiger charge is 2.30. The number of fused-ring (bicyclic) bond motifs is 1. The van der Waals surface area contributed by atoms with Crippen LogP contribution in [0.2, 0.25) is 5.02 Å². The van der Waals surface area contributed by atoms with E-state index in [-0.39, 0.29) is 5.69 Å². The van der Waals surface area contributed by atoms with Gasteiger partial charge < -0.3 is 4.74 Å². The molecule has 0 atom stereocenters. The molecule has 0 bridgehead atoms. The first kappa shape index (κ1) is 16.3. The zero-order chi connectivity index (χ0) is 17.5. The molecule has 0 spiro atoms. The van der Waals surface area contributed by atoms with Crippen molar-refractivity contribution in [3.8, 4) is 5.69 Å². The maximum Gasteiger partial charge on any atom is 0.416 e. The Morgan fingerprint density at radius 2 is 1.83 bits per heavy atom. The number of nitrogens with zero attached hydrogens (tertiary/aromatic N) is 2. The molecule has 0 fully saturated rings. The van der Waals surface area contributed by atoms with Crippen LogP contribution in [0.3, 0.4) is 0 Å². The van der Waals surface area contributed by atoms with E-state index in [1.807, 2.05) is 0 Å². The molecular weight excluding hydrogens is 345 g/mol. The van der Waals surface area contributed by atoms with E-state index in [1.54, 1.807) is 18.2 Å². The number of aromatic nitrogens is 2. The molecule has 0 saturated carbocycles. The molecule has 0 aliphatic carbocycles. The standard InChI is InChI=1S/C16H10ClF3N2O2/c1-24-15(23)14-12-7-4-10(17)8-13(12)22(21-14)11-5-2-9(3-6-11)16(18,19)20/h2-8H,1H3. The fourth-order valence-corrected chi connectivity index (χ4v) is 2.49. The van der Waals surface area contributed by atoms with Gasteiger partial charge in [-0.1, -0.05) is 11.6 Å². The Balaban J connectivity index is 2.19. The van der Waals surface area contributed by atoms with E-state index in [4.69, 9.17) is 16.3 Å². The zero-order valence-electron chi connectivity index (χ0n) is 12.3. The highest BCUT2D eigenvalue weighted by molar-refractivity contribution is 6.31. The van der Waals surface area contributed by atoms with Crippen LogP contribution in [-0.4, -0.2) is 22.9 Å². The predicted octanol–water partition coefficient (Wildman–Crippen LogP) is 4.48. The second-order valence-electron chi connectivity index (χ2n) is 4.96. The van der Waals surface area contributed by atoms with Crippen molar-refractivity contribution in [3.05, 3.63) is 58.7 Å². The number of benzene rings is 2. The quantitative estimate of drug-likeness (QED) is 0.637. The van der Waals surface area contributed by atoms with E-state index in [1.165, 1.54) is 23.9 Å². The summed E-state index contributed by atoms with van der Waals surface area (Å²) in [7, 11) is 1.22. The molecule has 3 aromatic rings. The van der Waals surface area contributed by atoms with Crippen LogP contribution in [0.1, 0.15) is 16.1 Å². The van der Waals surface area contributed by atoms with Crippen LogP contribution >= 0.6 is 11.6 Å². The summed E-state index contributed by atoms with van der Waals surface area (Å²) in [6.45, 7) is 0. The Bertz CT molecular complexity index is 917. The fraction of sp³-hybridized carbons (Fsp3) is 0.125. The van der Waals surface area contributed by atoms with Crippen molar-refractivity contribution in [1.29, 1.82) is 0 Å². The van der Waals surface area contributed by atoms with E-state index in [0.29, 0.717) is 21.6 Å². The summed E-state index contributed by atoms with van der Waals surface area (Å²) in [5.74, 6) is -0.645. The Morgan fingerprint density at radius 1 is 1.17 bits per heavy atom. The molecule has 1 heterocycles. The van der Waals surface area contributed by atoms with Gasteiger partial charge in [-0.05, 0) is 42.5 Å². The zero-order valence-corrected chi connectivity index (χ0v) is 13.0. The van der Waals surface area contributed by atoms with Gasteiger partial charge >= 0.3 is 12.1 Å². The third-order valence-electron chi connectivity index (χ3n) is 3.46. The average molecular weight is 355 g/mol. The lowest BCUT2D eigenvalue weighted by atomic mass is 10.2. The number of hydrogen-bond donors (Lipinski definition) is 0. The molecular formula is C16H10ClF3N2O2. The van der Waals surface area contributed by atoms with E-state index in [9.17, 15) is 18.0 Å². The van der Waals surface area contributed by atoms with E-state index in [2.05, 4.69) is 5.10 Å². The summed E-state index contributed by atoms with van der Waals surface area (Å²) in [4.78, 5) is 11.9. The normalized spacial score (nSPS) is 11.7. The molecule has 0 saturated heterocycles. The minimum atomic E-state index is -4.43. The van der Waals surface area contributed by atoms with Crippen LogP contribution < -0.4 is 0 Å². The first-order valence-corrected chi connectivity index (χ1v) is 7.13. The monoisotopic (exact) mass is 354 g/mol. The van der Waals surface area contributed by atoms with Gasteiger partial charge in [0.1, 0.15) is 0 Å². The molecule has 0 unspecified atom stereocenters. The first-order chi connectivity index (χ1) is 11.3. The summed E-state index contributed by atoms with van der Waals surface area (Å²) in [6, 6.07) is 9.23. The van der Waals surface area contributed by atoms with Gasteiger partial charge in [0.15, 0.2) is 5.69 Å². The number of halogens is 4. The maximum absolute atomic E-state index is 12.7. The van der Waals surface area contributed by atoms with Gasteiger partial charge in [-0.25, -0.2) is 9.48 Å². The van der Waals surface area contributed by atoms with Crippen molar-refractivity contribution < 1.29 is 22.7 Å². The average Bonchev–Trinajstić information content (AvgIpc) is 2.92. The smallest absolute Gasteiger partial charge is 0.416 e. The van der Waals surface area contributed by atoms with Crippen LogP contribution in [0.5, 0.6) is 0 Å². The summed E-state index contributed by atoms with van der Waals surface area (Å²) < 4.78 is 44.1.